The number of carbonyl (C=O) groups is 1. The highest BCUT2D eigenvalue weighted by atomic mass is 16.6. The quantitative estimate of drug-likeness (QED) is 0.515. The molecule has 1 saturated carbocycles. The van der Waals surface area contributed by atoms with Crippen LogP contribution in [0.25, 0.3) is 0 Å². The van der Waals surface area contributed by atoms with Crippen molar-refractivity contribution in [2.45, 2.75) is 31.7 Å². The minimum Gasteiger partial charge on any atom is -0.465 e. The van der Waals surface area contributed by atoms with Crippen LogP contribution in [0.5, 0.6) is 0 Å². The second-order valence-electron chi connectivity index (χ2n) is 5.11. The van der Waals surface area contributed by atoms with Gasteiger partial charge in [0.1, 0.15) is 0 Å². The molecule has 0 amide bonds. The Labute approximate surface area is 127 Å². The molecule has 1 heterocycles. The van der Waals surface area contributed by atoms with Crippen molar-refractivity contribution >= 4 is 17.5 Å². The summed E-state index contributed by atoms with van der Waals surface area (Å²) in [6.45, 7) is 0. The number of aromatic nitrogens is 1. The zero-order valence-electron chi connectivity index (χ0n) is 12.1. The molecule has 0 radical (unpaired) electrons. The number of ether oxygens (including phenoxy) is 1. The van der Waals surface area contributed by atoms with Crippen molar-refractivity contribution < 1.29 is 14.5 Å². The fourth-order valence-corrected chi connectivity index (χ4v) is 2.57. The molecule has 0 bridgehead atoms. The number of esters is 1. The van der Waals surface area contributed by atoms with E-state index in [4.69, 9.17) is 5.26 Å². The lowest BCUT2D eigenvalue weighted by Gasteiger charge is -2.27. The van der Waals surface area contributed by atoms with Crippen molar-refractivity contribution in [3.63, 3.8) is 0 Å². The molecule has 2 atom stereocenters. The molecule has 0 unspecified atom stereocenters. The standard InChI is InChI=1S/C14H16N4O4/c1-22-14(19)10-6-12(18(20)21)13(16-8-10)17-11-5-3-2-4-9(11)7-15/h6,8-9,11H,2-5H2,1H3,(H,16,17)/t9-,11+/m0/s1. The molecule has 1 aliphatic carbocycles. The first kappa shape index (κ1) is 15.7. The van der Waals surface area contributed by atoms with Crippen molar-refractivity contribution in [2.75, 3.05) is 12.4 Å². The van der Waals surface area contributed by atoms with Crippen LogP contribution in [0.4, 0.5) is 11.5 Å². The number of anilines is 1. The molecule has 1 aliphatic rings. The van der Waals surface area contributed by atoms with Crippen LogP contribution < -0.4 is 5.32 Å². The average Bonchev–Trinajstić information content (AvgIpc) is 2.54. The summed E-state index contributed by atoms with van der Waals surface area (Å²) >= 11 is 0. The van der Waals surface area contributed by atoms with Gasteiger partial charge in [0.15, 0.2) is 0 Å². The molecule has 1 fully saturated rings. The van der Waals surface area contributed by atoms with Crippen molar-refractivity contribution in [1.82, 2.24) is 4.98 Å². The molecule has 8 nitrogen and oxygen atoms in total. The summed E-state index contributed by atoms with van der Waals surface area (Å²) in [6, 6.07) is 3.19. The maximum absolute atomic E-state index is 11.4. The zero-order valence-corrected chi connectivity index (χ0v) is 12.1. The van der Waals surface area contributed by atoms with Crippen molar-refractivity contribution in [1.29, 1.82) is 5.26 Å². The Balaban J connectivity index is 2.28. The van der Waals surface area contributed by atoms with Gasteiger partial charge in [0.05, 0.1) is 29.6 Å². The smallest absolute Gasteiger partial charge is 0.339 e. The molecule has 22 heavy (non-hydrogen) atoms. The maximum Gasteiger partial charge on any atom is 0.339 e. The van der Waals surface area contributed by atoms with Crippen LogP contribution in [0.1, 0.15) is 36.0 Å². The zero-order chi connectivity index (χ0) is 16.1. The first-order valence-electron chi connectivity index (χ1n) is 6.95. The van der Waals surface area contributed by atoms with Gasteiger partial charge in [0, 0.05) is 18.3 Å². The van der Waals surface area contributed by atoms with Crippen molar-refractivity contribution in [2.24, 2.45) is 5.92 Å². The van der Waals surface area contributed by atoms with E-state index >= 15 is 0 Å². The molecular formula is C14H16N4O4. The van der Waals surface area contributed by atoms with Crippen LogP contribution in [-0.4, -0.2) is 29.0 Å². The number of nitriles is 1. The second kappa shape index (κ2) is 6.85. The first-order valence-corrected chi connectivity index (χ1v) is 6.95. The minimum atomic E-state index is -0.685. The van der Waals surface area contributed by atoms with Crippen LogP contribution in [0.2, 0.25) is 0 Å². The van der Waals surface area contributed by atoms with E-state index in [0.29, 0.717) is 0 Å². The largest absolute Gasteiger partial charge is 0.465 e. The minimum absolute atomic E-state index is 0.0141. The van der Waals surface area contributed by atoms with Crippen LogP contribution in [0.15, 0.2) is 12.3 Å². The number of hydrogen-bond acceptors (Lipinski definition) is 7. The molecule has 1 N–H and O–H groups in total. The Hall–Kier alpha value is -2.69. The van der Waals surface area contributed by atoms with E-state index in [1.165, 1.54) is 13.3 Å². The summed E-state index contributed by atoms with van der Waals surface area (Å²) in [7, 11) is 1.19. The molecule has 8 heteroatoms. The van der Waals surface area contributed by atoms with Crippen molar-refractivity contribution in [3.05, 3.63) is 27.9 Å². The van der Waals surface area contributed by atoms with E-state index in [1.807, 2.05) is 0 Å². The Morgan fingerprint density at radius 3 is 2.91 bits per heavy atom. The fourth-order valence-electron chi connectivity index (χ4n) is 2.57. The van der Waals surface area contributed by atoms with E-state index in [1.54, 1.807) is 0 Å². The van der Waals surface area contributed by atoms with Gasteiger partial charge in [-0.15, -0.1) is 0 Å². The molecule has 0 saturated heterocycles. The van der Waals surface area contributed by atoms with E-state index in [2.05, 4.69) is 21.1 Å². The van der Waals surface area contributed by atoms with Gasteiger partial charge < -0.3 is 10.1 Å². The molecule has 0 aliphatic heterocycles. The van der Waals surface area contributed by atoms with E-state index in [-0.39, 0.29) is 29.0 Å². The second-order valence-corrected chi connectivity index (χ2v) is 5.11. The molecule has 116 valence electrons. The number of carbonyl (C=O) groups excluding carboxylic acids is 1. The highest BCUT2D eigenvalue weighted by molar-refractivity contribution is 5.90. The normalized spacial score (nSPS) is 20.7. The predicted molar refractivity (Wildman–Crippen MR) is 77.2 cm³/mol. The molecule has 1 aromatic heterocycles. The maximum atomic E-state index is 11.4. The third kappa shape index (κ3) is 3.31. The van der Waals surface area contributed by atoms with Gasteiger partial charge >= 0.3 is 11.7 Å². The van der Waals surface area contributed by atoms with Gasteiger partial charge in [0.2, 0.25) is 5.82 Å². The third-order valence-electron chi connectivity index (χ3n) is 3.74. The van der Waals surface area contributed by atoms with Gasteiger partial charge in [-0.25, -0.2) is 9.78 Å². The summed E-state index contributed by atoms with van der Waals surface area (Å²) in [6.07, 6.45) is 4.69. The Bertz CT molecular complexity index is 626. The Kier molecular flexibility index (Phi) is 4.88. The number of methoxy groups -OCH3 is 1. The number of nitro groups is 1. The highest BCUT2D eigenvalue weighted by Crippen LogP contribution is 2.30. The van der Waals surface area contributed by atoms with E-state index in [9.17, 15) is 14.9 Å². The van der Waals surface area contributed by atoms with E-state index in [0.717, 1.165) is 31.7 Å². The molecule has 0 aromatic carbocycles. The summed E-state index contributed by atoms with van der Waals surface area (Å²) in [4.78, 5) is 26.0. The van der Waals surface area contributed by atoms with Crippen molar-refractivity contribution in [3.8, 4) is 6.07 Å². The summed E-state index contributed by atoms with van der Waals surface area (Å²) in [5.74, 6) is -0.810. The Morgan fingerprint density at radius 2 is 2.27 bits per heavy atom. The van der Waals surface area contributed by atoms with Crippen LogP contribution in [0.3, 0.4) is 0 Å². The number of rotatable bonds is 4. The van der Waals surface area contributed by atoms with Gasteiger partial charge in [0.25, 0.3) is 0 Å². The van der Waals surface area contributed by atoms with Gasteiger partial charge in [-0.05, 0) is 12.8 Å². The summed E-state index contributed by atoms with van der Waals surface area (Å²) in [5, 5.41) is 23.3. The number of nitrogens with one attached hydrogen (secondary N) is 1. The van der Waals surface area contributed by atoms with Crippen LogP contribution in [-0.2, 0) is 4.74 Å². The SMILES string of the molecule is COC(=O)c1cnc(N[C@@H]2CCCC[C@H]2C#N)c([N+](=O)[O-])c1. The number of hydrogen-bond donors (Lipinski definition) is 1. The Morgan fingerprint density at radius 1 is 1.55 bits per heavy atom. The molecule has 2 rings (SSSR count). The van der Waals surface area contributed by atoms with Crippen LogP contribution in [0, 0.1) is 27.4 Å². The predicted octanol–water partition coefficient (Wildman–Crippen LogP) is 2.27. The molecule has 0 spiro atoms. The lowest BCUT2D eigenvalue weighted by molar-refractivity contribution is -0.384. The van der Waals surface area contributed by atoms with Crippen LogP contribution >= 0.6 is 0 Å². The number of nitrogens with zero attached hydrogens (tertiary/aromatic N) is 3. The molecular weight excluding hydrogens is 288 g/mol. The van der Waals surface area contributed by atoms with Gasteiger partial charge in [-0.2, -0.15) is 5.26 Å². The third-order valence-corrected chi connectivity index (χ3v) is 3.74. The molecule has 1 aromatic rings. The summed E-state index contributed by atoms with van der Waals surface area (Å²) < 4.78 is 4.53. The monoisotopic (exact) mass is 304 g/mol. The topological polar surface area (TPSA) is 118 Å². The summed E-state index contributed by atoms with van der Waals surface area (Å²) in [5.41, 5.74) is -0.287. The van der Waals surface area contributed by atoms with Gasteiger partial charge in [-0.1, -0.05) is 12.8 Å². The van der Waals surface area contributed by atoms with Gasteiger partial charge in [-0.3, -0.25) is 10.1 Å². The first-order chi connectivity index (χ1) is 10.6. The highest BCUT2D eigenvalue weighted by Gasteiger charge is 2.28. The fraction of sp³-hybridized carbons (Fsp3) is 0.500. The van der Waals surface area contributed by atoms with E-state index < -0.39 is 10.9 Å². The lowest BCUT2D eigenvalue weighted by atomic mass is 9.85. The lowest BCUT2D eigenvalue weighted by Crippen LogP contribution is -2.32. The number of pyridine rings is 1. The average molecular weight is 304 g/mol.